The summed E-state index contributed by atoms with van der Waals surface area (Å²) < 4.78 is 19.0. The summed E-state index contributed by atoms with van der Waals surface area (Å²) in [5.41, 5.74) is 0. The first-order valence-corrected chi connectivity index (χ1v) is 26.8. The van der Waals surface area contributed by atoms with Crippen LogP contribution in [0.4, 0.5) is 4.20 Å². The van der Waals surface area contributed by atoms with Gasteiger partial charge >= 0.3 is 7.91 Å². The van der Waals surface area contributed by atoms with Gasteiger partial charge in [-0.2, -0.15) is 0 Å². The Bertz CT molecular complexity index is 687. The third kappa shape index (κ3) is 31.5. The Morgan fingerprint density at radius 2 is 0.540 bits per heavy atom. The zero-order chi connectivity index (χ0) is 38.3. The van der Waals surface area contributed by atoms with Crippen LogP contribution >= 0.6 is 84.8 Å². The van der Waals surface area contributed by atoms with E-state index in [0.717, 1.165) is 0 Å². The molecule has 50 heavy (non-hydrogen) atoms. The van der Waals surface area contributed by atoms with Crippen LogP contribution in [-0.2, 0) is 4.57 Å². The molecule has 0 spiro atoms. The SMILES string of the molecule is CCCCCCCCCCCCCC[P+](CCCCCC)(CCCCCC)CCCCCC.ClC1C(Cl)C(Cl)C(Cl)C(Cl)C1Cl.O=P(O)(O)F. The lowest BCUT2D eigenvalue weighted by molar-refractivity contribution is 0.322. The van der Waals surface area contributed by atoms with Crippen LogP contribution in [-0.4, -0.2) is 66.7 Å². The first-order valence-electron chi connectivity index (χ1n) is 20.2. The Hall–Kier alpha value is 2.25. The van der Waals surface area contributed by atoms with Crippen LogP contribution in [0.1, 0.15) is 182 Å². The van der Waals surface area contributed by atoms with Crippen molar-refractivity contribution in [1.82, 2.24) is 0 Å². The minimum atomic E-state index is -5.14. The van der Waals surface area contributed by atoms with Gasteiger partial charge in [0, 0.05) is 7.26 Å². The molecule has 1 fully saturated rings. The highest BCUT2D eigenvalue weighted by atomic mass is 35.5. The lowest BCUT2D eigenvalue weighted by atomic mass is 9.97. The van der Waals surface area contributed by atoms with E-state index in [4.69, 9.17) is 84.0 Å². The summed E-state index contributed by atoms with van der Waals surface area (Å²) in [6, 6.07) is 0. The standard InChI is InChI=1S/C32H68P.C6H6Cl6.FH2O3P/c1-5-9-13-17-18-19-20-21-22-23-24-28-32-33(29-25-14-10-6-2,30-26-15-11-7-3)31-27-16-12-8-4;7-1-2(8)4(10)6(12)5(11)3(1)9;1-5(2,3)4/h5-32H2,1-4H3;1-6H;(H2,2,3,4)/q+1;;. The second kappa shape index (κ2) is 35.6. The smallest absolute Gasteiger partial charge is 0.299 e. The molecule has 0 aliphatic heterocycles. The molecule has 0 radical (unpaired) electrons. The molecule has 0 aromatic rings. The van der Waals surface area contributed by atoms with E-state index in [1.807, 2.05) is 0 Å². The first-order chi connectivity index (χ1) is 23.7. The zero-order valence-corrected chi connectivity index (χ0v) is 38.4. The van der Waals surface area contributed by atoms with E-state index >= 15 is 0 Å². The molecular weight excluding hydrogens is 798 g/mol. The molecule has 0 aromatic carbocycles. The third-order valence-corrected chi connectivity index (χ3v) is 18.9. The average molecular weight is 875 g/mol. The van der Waals surface area contributed by atoms with E-state index in [0.29, 0.717) is 0 Å². The fourth-order valence-corrected chi connectivity index (χ4v) is 13.9. The number of rotatable bonds is 28. The van der Waals surface area contributed by atoms with Crippen molar-refractivity contribution in [3.63, 3.8) is 0 Å². The minimum absolute atomic E-state index is 0.437. The van der Waals surface area contributed by atoms with Gasteiger partial charge in [-0.15, -0.1) is 73.8 Å². The largest absolute Gasteiger partial charge is 0.507 e. The van der Waals surface area contributed by atoms with Crippen LogP contribution in [0.15, 0.2) is 0 Å². The van der Waals surface area contributed by atoms with Crippen molar-refractivity contribution in [3.05, 3.63) is 0 Å². The van der Waals surface area contributed by atoms with E-state index in [2.05, 4.69) is 27.7 Å². The van der Waals surface area contributed by atoms with Crippen molar-refractivity contribution < 1.29 is 18.5 Å². The Kier molecular flexibility index (Phi) is 38.8. The average Bonchev–Trinajstić information content (AvgIpc) is 3.08. The number of alkyl halides is 6. The normalized spacial score (nSPS) is 22.4. The maximum atomic E-state index is 10.4. The van der Waals surface area contributed by atoms with Crippen LogP contribution in [0.25, 0.3) is 0 Å². The highest BCUT2D eigenvalue weighted by Gasteiger charge is 2.47. The lowest BCUT2D eigenvalue weighted by Crippen LogP contribution is -2.52. The number of halogens is 7. The van der Waals surface area contributed by atoms with Gasteiger partial charge in [-0.1, -0.05) is 130 Å². The summed E-state index contributed by atoms with van der Waals surface area (Å²) in [5.74, 6) is 0. The molecule has 0 saturated heterocycles. The molecule has 304 valence electrons. The van der Waals surface area contributed by atoms with Gasteiger partial charge in [0.05, 0.1) is 56.9 Å². The number of unbranched alkanes of at least 4 members (excludes halogenated alkanes) is 20. The number of hydrogen-bond donors (Lipinski definition) is 2. The topological polar surface area (TPSA) is 57.5 Å². The van der Waals surface area contributed by atoms with Gasteiger partial charge in [-0.3, -0.25) is 9.79 Å². The van der Waals surface area contributed by atoms with Gasteiger partial charge in [0.2, 0.25) is 0 Å². The Morgan fingerprint density at radius 3 is 0.720 bits per heavy atom. The lowest BCUT2D eigenvalue weighted by Gasteiger charge is -2.37. The fourth-order valence-electron chi connectivity index (χ4n) is 6.63. The molecule has 0 bridgehead atoms. The molecule has 1 saturated carbocycles. The molecule has 3 nitrogen and oxygen atoms in total. The van der Waals surface area contributed by atoms with Crippen LogP contribution in [0.3, 0.4) is 0 Å². The van der Waals surface area contributed by atoms with Crippen molar-refractivity contribution in [1.29, 1.82) is 0 Å². The van der Waals surface area contributed by atoms with E-state index in [9.17, 15) is 4.20 Å². The quantitative estimate of drug-likeness (QED) is 0.0468. The van der Waals surface area contributed by atoms with Gasteiger partial charge in [0.25, 0.3) is 0 Å². The van der Waals surface area contributed by atoms with E-state index in [1.54, 1.807) is 50.3 Å². The maximum absolute atomic E-state index is 10.4. The molecule has 1 rings (SSSR count). The number of hydrogen-bond acceptors (Lipinski definition) is 1. The van der Waals surface area contributed by atoms with Gasteiger partial charge < -0.3 is 0 Å². The molecule has 2 N–H and O–H groups in total. The van der Waals surface area contributed by atoms with Crippen LogP contribution in [0.2, 0.25) is 0 Å². The van der Waals surface area contributed by atoms with Crippen molar-refractivity contribution in [2.75, 3.05) is 24.6 Å². The molecule has 0 heterocycles. The second-order valence-corrected chi connectivity index (χ2v) is 22.9. The Labute approximate surface area is 339 Å². The Balaban J connectivity index is 0. The van der Waals surface area contributed by atoms with Gasteiger partial charge in [-0.05, 0) is 51.4 Å². The van der Waals surface area contributed by atoms with E-state index < -0.39 is 47.4 Å². The van der Waals surface area contributed by atoms with Crippen molar-refractivity contribution in [2.24, 2.45) is 0 Å². The highest BCUT2D eigenvalue weighted by Crippen LogP contribution is 2.61. The molecule has 0 unspecified atom stereocenters. The van der Waals surface area contributed by atoms with Crippen molar-refractivity contribution in [2.45, 2.75) is 214 Å². The first kappa shape index (κ1) is 54.4. The molecule has 1 aliphatic rings. The van der Waals surface area contributed by atoms with Crippen molar-refractivity contribution in [3.8, 4) is 0 Å². The summed E-state index contributed by atoms with van der Waals surface area (Å²) in [6.45, 7) is 9.41. The highest BCUT2D eigenvalue weighted by molar-refractivity contribution is 7.75. The predicted molar refractivity (Wildman–Crippen MR) is 231 cm³/mol. The van der Waals surface area contributed by atoms with Crippen LogP contribution in [0, 0.1) is 0 Å². The van der Waals surface area contributed by atoms with Gasteiger partial charge in [0.1, 0.15) is 0 Å². The summed E-state index contributed by atoms with van der Waals surface area (Å²) in [5, 5.41) is -2.62. The zero-order valence-electron chi connectivity index (χ0n) is 32.1. The Morgan fingerprint density at radius 1 is 0.400 bits per heavy atom. The summed E-state index contributed by atoms with van der Waals surface area (Å²) in [7, 11) is -5.84. The molecule has 0 amide bonds. The fraction of sp³-hybridized carbons (Fsp3) is 1.00. The molecule has 1 aliphatic carbocycles. The van der Waals surface area contributed by atoms with Crippen LogP contribution < -0.4 is 0 Å². The minimum Gasteiger partial charge on any atom is -0.299 e. The van der Waals surface area contributed by atoms with Crippen molar-refractivity contribution >= 4 is 84.8 Å². The maximum Gasteiger partial charge on any atom is 0.507 e. The monoisotopic (exact) mass is 871 g/mol. The molecular formula is C38H76Cl6FO3P2+. The summed E-state index contributed by atoms with van der Waals surface area (Å²) in [4.78, 5) is 13.9. The summed E-state index contributed by atoms with van der Waals surface area (Å²) >= 11 is 35.3. The van der Waals surface area contributed by atoms with E-state index in [-0.39, 0.29) is 0 Å². The molecule has 0 atom stereocenters. The molecule has 12 heteroatoms. The molecule has 0 aromatic heterocycles. The summed E-state index contributed by atoms with van der Waals surface area (Å²) in [6.07, 6.45) is 42.1. The second-order valence-electron chi connectivity index (χ2n) is 14.4. The van der Waals surface area contributed by atoms with Gasteiger partial charge in [0.15, 0.2) is 0 Å². The van der Waals surface area contributed by atoms with Crippen LogP contribution in [0.5, 0.6) is 0 Å². The van der Waals surface area contributed by atoms with E-state index in [1.165, 1.54) is 128 Å². The van der Waals surface area contributed by atoms with Gasteiger partial charge in [-0.25, -0.2) is 4.57 Å². The third-order valence-electron chi connectivity index (χ3n) is 9.77. The predicted octanol–water partition coefficient (Wildman–Crippen LogP) is 16.1.